The molecule has 5 rings (SSSR count). The molecule has 3 aromatic rings. The third kappa shape index (κ3) is 2.47. The van der Waals surface area contributed by atoms with E-state index in [1.165, 1.54) is 6.07 Å². The molecule has 1 aromatic heterocycles. The maximum atomic E-state index is 12.9. The highest BCUT2D eigenvalue weighted by atomic mass is 16.3. The number of aromatic nitrogens is 1. The first-order valence-electron chi connectivity index (χ1n) is 9.48. The van der Waals surface area contributed by atoms with Gasteiger partial charge in [-0.2, -0.15) is 0 Å². The Labute approximate surface area is 162 Å². The monoisotopic (exact) mass is 372 g/mol. The Morgan fingerprint density at radius 3 is 2.71 bits per heavy atom. The number of pyridine rings is 1. The standard InChI is InChI=1S/C23H20N2O3/c1-12-5-7-14-15(24-12)8-9-17-22(14)21(13-6-10-18(26)20(28)11-13)23-16(25-17)3-2-4-19(23)27/h5-11,21,25-26,28H,2-4H2,1H3/t21-/m0/s1. The second kappa shape index (κ2) is 6.09. The molecule has 0 amide bonds. The quantitative estimate of drug-likeness (QED) is 0.547. The van der Waals surface area contributed by atoms with Gasteiger partial charge in [-0.1, -0.05) is 12.1 Å². The molecule has 5 nitrogen and oxygen atoms in total. The number of carbonyl (C=O) groups is 1. The van der Waals surface area contributed by atoms with Gasteiger partial charge in [-0.05, 0) is 61.2 Å². The summed E-state index contributed by atoms with van der Waals surface area (Å²) >= 11 is 0. The topological polar surface area (TPSA) is 82.5 Å². The summed E-state index contributed by atoms with van der Waals surface area (Å²) in [5.41, 5.74) is 6.27. The number of carbonyl (C=O) groups excluding carboxylic acids is 1. The van der Waals surface area contributed by atoms with Gasteiger partial charge < -0.3 is 15.5 Å². The molecule has 0 fully saturated rings. The first-order valence-corrected chi connectivity index (χ1v) is 9.48. The van der Waals surface area contributed by atoms with Crippen molar-refractivity contribution in [2.45, 2.75) is 32.1 Å². The van der Waals surface area contributed by atoms with Gasteiger partial charge >= 0.3 is 0 Å². The van der Waals surface area contributed by atoms with Crippen molar-refractivity contribution in [1.29, 1.82) is 0 Å². The van der Waals surface area contributed by atoms with Gasteiger partial charge in [-0.3, -0.25) is 9.78 Å². The minimum atomic E-state index is -0.307. The third-order valence-electron chi connectivity index (χ3n) is 5.70. The SMILES string of the molecule is Cc1ccc2c3c(ccc2n1)NC1=C(C(=O)CCC1)[C@H]3c1ccc(O)c(O)c1. The van der Waals surface area contributed by atoms with Crippen LogP contribution in [0.1, 0.15) is 42.0 Å². The number of rotatable bonds is 1. The lowest BCUT2D eigenvalue weighted by molar-refractivity contribution is -0.116. The van der Waals surface area contributed by atoms with Crippen molar-refractivity contribution in [3.63, 3.8) is 0 Å². The molecule has 2 aliphatic rings. The number of benzene rings is 2. The van der Waals surface area contributed by atoms with Crippen molar-refractivity contribution < 1.29 is 15.0 Å². The number of hydrogen-bond donors (Lipinski definition) is 3. The molecule has 0 unspecified atom stereocenters. The molecule has 5 heteroatoms. The van der Waals surface area contributed by atoms with Crippen LogP contribution in [0.4, 0.5) is 5.69 Å². The van der Waals surface area contributed by atoms with Crippen LogP contribution in [0.25, 0.3) is 10.9 Å². The van der Waals surface area contributed by atoms with E-state index in [9.17, 15) is 15.0 Å². The van der Waals surface area contributed by atoms with Crippen LogP contribution in [0.3, 0.4) is 0 Å². The van der Waals surface area contributed by atoms with Gasteiger partial charge in [0.05, 0.1) is 5.52 Å². The first-order chi connectivity index (χ1) is 13.5. The number of phenolic OH excluding ortho intramolecular Hbond substituents is 2. The van der Waals surface area contributed by atoms with E-state index in [2.05, 4.69) is 10.3 Å². The number of phenols is 2. The Kier molecular flexibility index (Phi) is 3.66. The number of fused-ring (bicyclic) bond motifs is 3. The van der Waals surface area contributed by atoms with E-state index in [1.54, 1.807) is 12.1 Å². The number of nitrogens with zero attached hydrogens (tertiary/aromatic N) is 1. The molecule has 0 saturated heterocycles. The molecular weight excluding hydrogens is 352 g/mol. The summed E-state index contributed by atoms with van der Waals surface area (Å²) in [6.07, 6.45) is 2.19. The van der Waals surface area contributed by atoms with Gasteiger partial charge in [0.1, 0.15) is 0 Å². The summed E-state index contributed by atoms with van der Waals surface area (Å²) in [5, 5.41) is 24.3. The number of nitrogens with one attached hydrogen (secondary N) is 1. The number of anilines is 1. The molecule has 0 bridgehead atoms. The van der Waals surface area contributed by atoms with E-state index in [1.807, 2.05) is 31.2 Å². The van der Waals surface area contributed by atoms with Crippen LogP contribution >= 0.6 is 0 Å². The molecule has 0 spiro atoms. The van der Waals surface area contributed by atoms with E-state index >= 15 is 0 Å². The smallest absolute Gasteiger partial charge is 0.161 e. The fraction of sp³-hybridized carbons (Fsp3) is 0.217. The summed E-state index contributed by atoms with van der Waals surface area (Å²) in [5.74, 6) is -0.526. The Morgan fingerprint density at radius 1 is 1.04 bits per heavy atom. The van der Waals surface area contributed by atoms with E-state index in [4.69, 9.17) is 0 Å². The first kappa shape index (κ1) is 16.8. The Bertz CT molecular complexity index is 1180. The van der Waals surface area contributed by atoms with Crippen LogP contribution in [0.2, 0.25) is 0 Å². The average molecular weight is 372 g/mol. The van der Waals surface area contributed by atoms with Gasteiger partial charge in [0.25, 0.3) is 0 Å². The number of Topliss-reactive ketones (excluding diaryl/α,β-unsaturated/α-hetero) is 1. The molecule has 2 aromatic carbocycles. The largest absolute Gasteiger partial charge is 0.504 e. The zero-order valence-electron chi connectivity index (χ0n) is 15.5. The minimum absolute atomic E-state index is 0.133. The second-order valence-electron chi connectivity index (χ2n) is 7.52. The highest BCUT2D eigenvalue weighted by Crippen LogP contribution is 2.48. The molecule has 1 aliphatic carbocycles. The fourth-order valence-electron chi connectivity index (χ4n) is 4.44. The van der Waals surface area contributed by atoms with Crippen LogP contribution in [-0.4, -0.2) is 21.0 Å². The van der Waals surface area contributed by atoms with E-state index < -0.39 is 0 Å². The molecule has 0 saturated carbocycles. The number of allylic oxidation sites excluding steroid dienone is 2. The summed E-state index contributed by atoms with van der Waals surface area (Å²) in [7, 11) is 0. The summed E-state index contributed by atoms with van der Waals surface area (Å²) in [4.78, 5) is 17.6. The Morgan fingerprint density at radius 2 is 1.89 bits per heavy atom. The predicted octanol–water partition coefficient (Wildman–Crippen LogP) is 4.52. The van der Waals surface area contributed by atoms with Gasteiger partial charge in [0.15, 0.2) is 17.3 Å². The van der Waals surface area contributed by atoms with Crippen molar-refractivity contribution in [1.82, 2.24) is 4.98 Å². The lowest BCUT2D eigenvalue weighted by Gasteiger charge is -2.35. The lowest BCUT2D eigenvalue weighted by atomic mass is 9.74. The van der Waals surface area contributed by atoms with Crippen LogP contribution in [0.5, 0.6) is 11.5 Å². The van der Waals surface area contributed by atoms with Crippen LogP contribution in [0.15, 0.2) is 53.7 Å². The summed E-state index contributed by atoms with van der Waals surface area (Å²) in [6.45, 7) is 1.96. The molecule has 140 valence electrons. The molecule has 1 aliphatic heterocycles. The fourth-order valence-corrected chi connectivity index (χ4v) is 4.44. The van der Waals surface area contributed by atoms with Crippen molar-refractivity contribution in [2.75, 3.05) is 5.32 Å². The van der Waals surface area contributed by atoms with Crippen molar-refractivity contribution >= 4 is 22.4 Å². The molecule has 3 N–H and O–H groups in total. The highest BCUT2D eigenvalue weighted by molar-refractivity contribution is 6.03. The highest BCUT2D eigenvalue weighted by Gasteiger charge is 2.36. The van der Waals surface area contributed by atoms with Gasteiger partial charge in [0.2, 0.25) is 0 Å². The number of ketones is 1. The number of aryl methyl sites for hydroxylation is 1. The molecule has 0 radical (unpaired) electrons. The van der Waals surface area contributed by atoms with E-state index in [0.29, 0.717) is 6.42 Å². The number of hydrogen-bond acceptors (Lipinski definition) is 5. The van der Waals surface area contributed by atoms with Crippen LogP contribution in [-0.2, 0) is 4.79 Å². The van der Waals surface area contributed by atoms with Gasteiger partial charge in [0, 0.05) is 40.4 Å². The molecule has 28 heavy (non-hydrogen) atoms. The zero-order valence-corrected chi connectivity index (χ0v) is 15.5. The van der Waals surface area contributed by atoms with Gasteiger partial charge in [-0.15, -0.1) is 0 Å². The lowest BCUT2D eigenvalue weighted by Crippen LogP contribution is -2.27. The maximum Gasteiger partial charge on any atom is 0.161 e. The summed E-state index contributed by atoms with van der Waals surface area (Å²) in [6, 6.07) is 12.8. The molecular formula is C23H20N2O3. The zero-order chi connectivity index (χ0) is 19.4. The Balaban J connectivity index is 1.83. The third-order valence-corrected chi connectivity index (χ3v) is 5.70. The van der Waals surface area contributed by atoms with E-state index in [0.717, 1.165) is 57.5 Å². The summed E-state index contributed by atoms with van der Waals surface area (Å²) < 4.78 is 0. The van der Waals surface area contributed by atoms with E-state index in [-0.39, 0.29) is 23.2 Å². The van der Waals surface area contributed by atoms with Crippen molar-refractivity contribution in [3.05, 3.63) is 70.6 Å². The van der Waals surface area contributed by atoms with Crippen molar-refractivity contribution in [3.8, 4) is 11.5 Å². The van der Waals surface area contributed by atoms with Gasteiger partial charge in [-0.25, -0.2) is 0 Å². The van der Waals surface area contributed by atoms with Crippen LogP contribution in [0, 0.1) is 6.92 Å². The molecule has 1 atom stereocenters. The van der Waals surface area contributed by atoms with Crippen LogP contribution < -0.4 is 5.32 Å². The second-order valence-corrected chi connectivity index (χ2v) is 7.52. The maximum absolute atomic E-state index is 12.9. The Hall–Kier alpha value is -3.34. The normalized spacial score (nSPS) is 18.6. The average Bonchev–Trinajstić information content (AvgIpc) is 2.68. The number of aromatic hydroxyl groups is 2. The molecule has 2 heterocycles. The predicted molar refractivity (Wildman–Crippen MR) is 108 cm³/mol. The van der Waals surface area contributed by atoms with Crippen molar-refractivity contribution in [2.24, 2.45) is 0 Å². The minimum Gasteiger partial charge on any atom is -0.504 e.